The van der Waals surface area contributed by atoms with Crippen LogP contribution < -0.4 is 5.32 Å². The predicted octanol–water partition coefficient (Wildman–Crippen LogP) is 4.30. The maximum Gasteiger partial charge on any atom is 0.289 e. The summed E-state index contributed by atoms with van der Waals surface area (Å²) in [5.74, 6) is -0.766. The van der Waals surface area contributed by atoms with Crippen molar-refractivity contribution in [2.75, 3.05) is 18.4 Å². The Kier molecular flexibility index (Phi) is 5.72. The molecule has 4 rings (SSSR count). The molecule has 0 unspecified atom stereocenters. The molecule has 1 saturated heterocycles. The van der Waals surface area contributed by atoms with E-state index >= 15 is 0 Å². The molecule has 29 heavy (non-hydrogen) atoms. The van der Waals surface area contributed by atoms with Crippen molar-refractivity contribution in [3.63, 3.8) is 0 Å². The van der Waals surface area contributed by atoms with Gasteiger partial charge in [-0.2, -0.15) is 0 Å². The van der Waals surface area contributed by atoms with Gasteiger partial charge in [-0.25, -0.2) is 4.39 Å². The Morgan fingerprint density at radius 2 is 2.14 bits per heavy atom. The predicted molar refractivity (Wildman–Crippen MR) is 109 cm³/mol. The quantitative estimate of drug-likeness (QED) is 0.603. The summed E-state index contributed by atoms with van der Waals surface area (Å²) < 4.78 is 19.1. The third-order valence-electron chi connectivity index (χ3n) is 4.56. The molecular weight excluding hydrogens is 463 g/mol. The van der Waals surface area contributed by atoms with Crippen molar-refractivity contribution >= 4 is 44.8 Å². The van der Waals surface area contributed by atoms with Crippen LogP contribution in [0, 0.1) is 5.82 Å². The number of carbonyl (C=O) groups is 2. The Bertz CT molecular complexity index is 1050. The number of furan rings is 1. The minimum Gasteiger partial charge on any atom is -0.444 e. The molecule has 1 N–H and O–H groups in total. The minimum atomic E-state index is -0.441. The fourth-order valence-electron chi connectivity index (χ4n) is 3.19. The fourth-order valence-corrected chi connectivity index (χ4v) is 4.36. The first-order valence-corrected chi connectivity index (χ1v) is 10.6. The lowest BCUT2D eigenvalue weighted by Gasteiger charge is -2.30. The van der Waals surface area contributed by atoms with Gasteiger partial charge in [0.1, 0.15) is 10.8 Å². The molecule has 1 aromatic carbocycles. The molecule has 1 aliphatic rings. The summed E-state index contributed by atoms with van der Waals surface area (Å²) in [5, 5.41) is 11.6. The van der Waals surface area contributed by atoms with Crippen molar-refractivity contribution in [1.82, 2.24) is 15.1 Å². The lowest BCUT2D eigenvalue weighted by molar-refractivity contribution is 0.0673. The number of halogens is 2. The number of benzene rings is 1. The molecule has 1 atom stereocenters. The third-order valence-corrected chi connectivity index (χ3v) is 6.07. The molecule has 0 spiro atoms. The van der Waals surface area contributed by atoms with Crippen LogP contribution >= 0.6 is 27.3 Å². The summed E-state index contributed by atoms with van der Waals surface area (Å²) >= 11 is 4.39. The average molecular weight is 479 g/mol. The summed E-state index contributed by atoms with van der Waals surface area (Å²) in [5.41, 5.74) is 0.353. The van der Waals surface area contributed by atoms with Gasteiger partial charge in [0.05, 0.1) is 0 Å². The van der Waals surface area contributed by atoms with Gasteiger partial charge in [0, 0.05) is 24.7 Å². The molecular formula is C19H16BrFN4O3S. The number of nitrogens with one attached hydrogen (secondary N) is 1. The van der Waals surface area contributed by atoms with Crippen molar-refractivity contribution < 1.29 is 18.4 Å². The molecule has 0 saturated carbocycles. The normalized spacial score (nSPS) is 16.6. The fraction of sp³-hybridized carbons (Fsp3) is 0.263. The minimum absolute atomic E-state index is 0.000627. The van der Waals surface area contributed by atoms with Gasteiger partial charge in [0.15, 0.2) is 10.4 Å². The second kappa shape index (κ2) is 8.42. The maximum atomic E-state index is 13.3. The summed E-state index contributed by atoms with van der Waals surface area (Å²) in [6.45, 7) is 1.12. The molecule has 0 aliphatic carbocycles. The number of hydrogen-bond donors (Lipinski definition) is 1. The van der Waals surface area contributed by atoms with Crippen LogP contribution in [0.2, 0.25) is 0 Å². The van der Waals surface area contributed by atoms with Crippen LogP contribution in [0.15, 0.2) is 45.5 Å². The van der Waals surface area contributed by atoms with E-state index in [0.29, 0.717) is 28.5 Å². The van der Waals surface area contributed by atoms with Crippen molar-refractivity contribution in [3.8, 4) is 0 Å². The highest BCUT2D eigenvalue weighted by Gasteiger charge is 2.29. The van der Waals surface area contributed by atoms with E-state index in [-0.39, 0.29) is 22.6 Å². The first kappa shape index (κ1) is 19.7. The van der Waals surface area contributed by atoms with E-state index in [9.17, 15) is 14.0 Å². The van der Waals surface area contributed by atoms with Crippen LogP contribution in [0.3, 0.4) is 0 Å². The van der Waals surface area contributed by atoms with Crippen molar-refractivity contribution in [1.29, 1.82) is 0 Å². The Morgan fingerprint density at radius 3 is 2.90 bits per heavy atom. The van der Waals surface area contributed by atoms with Gasteiger partial charge in [-0.05, 0) is 59.1 Å². The number of aromatic nitrogens is 2. The van der Waals surface area contributed by atoms with Gasteiger partial charge in [0.25, 0.3) is 11.8 Å². The molecule has 10 heteroatoms. The summed E-state index contributed by atoms with van der Waals surface area (Å²) in [6.07, 6.45) is 1.68. The average Bonchev–Trinajstić information content (AvgIpc) is 3.37. The highest BCUT2D eigenvalue weighted by atomic mass is 79.9. The SMILES string of the molecule is O=C(Nc1cccc(F)c1)c1nnc([C@@H]2CCCN(C(=O)c3ccc(Br)o3)C2)s1. The number of nitrogens with zero attached hydrogens (tertiary/aromatic N) is 3. The molecule has 7 nitrogen and oxygen atoms in total. The lowest BCUT2D eigenvalue weighted by atomic mass is 9.98. The second-order valence-electron chi connectivity index (χ2n) is 6.60. The van der Waals surface area contributed by atoms with Crippen LogP contribution in [-0.2, 0) is 0 Å². The van der Waals surface area contributed by atoms with E-state index in [4.69, 9.17) is 4.42 Å². The monoisotopic (exact) mass is 478 g/mol. The van der Waals surface area contributed by atoms with Crippen LogP contribution in [0.25, 0.3) is 0 Å². The molecule has 0 bridgehead atoms. The van der Waals surface area contributed by atoms with Gasteiger partial charge in [-0.15, -0.1) is 10.2 Å². The van der Waals surface area contributed by atoms with Gasteiger partial charge >= 0.3 is 0 Å². The zero-order chi connectivity index (χ0) is 20.4. The van der Waals surface area contributed by atoms with Gasteiger partial charge < -0.3 is 14.6 Å². The van der Waals surface area contributed by atoms with Crippen LogP contribution in [0.1, 0.15) is 44.1 Å². The highest BCUT2D eigenvalue weighted by molar-refractivity contribution is 9.10. The maximum absolute atomic E-state index is 13.3. The van der Waals surface area contributed by atoms with Crippen molar-refractivity contribution in [2.45, 2.75) is 18.8 Å². The van der Waals surface area contributed by atoms with Crippen molar-refractivity contribution in [2.24, 2.45) is 0 Å². The Hall–Kier alpha value is -2.59. The van der Waals surface area contributed by atoms with Gasteiger partial charge in [0.2, 0.25) is 5.01 Å². The molecule has 1 aliphatic heterocycles. The second-order valence-corrected chi connectivity index (χ2v) is 8.39. The van der Waals surface area contributed by atoms with Gasteiger partial charge in [-0.1, -0.05) is 17.4 Å². The molecule has 1 fully saturated rings. The number of rotatable bonds is 4. The Balaban J connectivity index is 1.43. The van der Waals surface area contributed by atoms with E-state index < -0.39 is 11.7 Å². The number of anilines is 1. The Labute approximate surface area is 178 Å². The number of carbonyl (C=O) groups excluding carboxylic acids is 2. The summed E-state index contributed by atoms with van der Waals surface area (Å²) in [6, 6.07) is 8.97. The molecule has 2 amide bonds. The van der Waals surface area contributed by atoms with Crippen LogP contribution in [-0.4, -0.2) is 40.0 Å². The largest absolute Gasteiger partial charge is 0.444 e. The molecule has 2 aromatic heterocycles. The van der Waals surface area contributed by atoms with Crippen LogP contribution in [0.4, 0.5) is 10.1 Å². The van der Waals surface area contributed by atoms with Crippen LogP contribution in [0.5, 0.6) is 0 Å². The molecule has 0 radical (unpaired) electrons. The zero-order valence-electron chi connectivity index (χ0n) is 15.1. The number of likely N-dealkylation sites (tertiary alicyclic amines) is 1. The third kappa shape index (κ3) is 4.54. The Morgan fingerprint density at radius 1 is 1.28 bits per heavy atom. The number of hydrogen-bond acceptors (Lipinski definition) is 6. The first-order valence-electron chi connectivity index (χ1n) is 8.94. The van der Waals surface area contributed by atoms with Gasteiger partial charge in [-0.3, -0.25) is 9.59 Å². The summed E-state index contributed by atoms with van der Waals surface area (Å²) in [4.78, 5) is 26.7. The molecule has 3 aromatic rings. The van der Waals surface area contributed by atoms with Crippen molar-refractivity contribution in [3.05, 3.63) is 62.7 Å². The van der Waals surface area contributed by atoms with E-state index in [2.05, 4.69) is 31.4 Å². The standard InChI is InChI=1S/C19H16BrFN4O3S/c20-15-7-6-14(28-15)19(27)25-8-2-3-11(10-25)17-23-24-18(29-17)16(26)22-13-5-1-4-12(21)9-13/h1,4-7,9,11H,2-3,8,10H2,(H,22,26)/t11-/m1/s1. The smallest absolute Gasteiger partial charge is 0.289 e. The van der Waals surface area contributed by atoms with E-state index in [0.717, 1.165) is 12.8 Å². The number of piperidine rings is 1. The molecule has 150 valence electrons. The zero-order valence-corrected chi connectivity index (χ0v) is 17.5. The summed E-state index contributed by atoms with van der Waals surface area (Å²) in [7, 11) is 0. The first-order chi connectivity index (χ1) is 14.0. The van der Waals surface area contributed by atoms with E-state index in [1.165, 1.54) is 29.5 Å². The topological polar surface area (TPSA) is 88.3 Å². The highest BCUT2D eigenvalue weighted by Crippen LogP contribution is 2.30. The molecule has 3 heterocycles. The van der Waals surface area contributed by atoms with E-state index in [1.807, 2.05) is 0 Å². The lowest BCUT2D eigenvalue weighted by Crippen LogP contribution is -2.38. The van der Waals surface area contributed by atoms with E-state index in [1.54, 1.807) is 23.1 Å². The number of amides is 2.